The first-order valence-electron chi connectivity index (χ1n) is 6.80. The molecule has 0 bridgehead atoms. The fraction of sp³-hybridized carbons (Fsp3) is 0.533. The molecular formula is C15H19Cl2NO2. The van der Waals surface area contributed by atoms with Crippen LogP contribution >= 0.6 is 23.2 Å². The van der Waals surface area contributed by atoms with E-state index in [0.717, 1.165) is 25.9 Å². The summed E-state index contributed by atoms with van der Waals surface area (Å²) in [6, 6.07) is 4.95. The molecule has 110 valence electrons. The largest absolute Gasteiger partial charge is 0.390 e. The SMILES string of the molecule is CC1(O)CCCN(CC(=O)c2ccc(Cl)c(Cl)c2)CC1. The van der Waals surface area contributed by atoms with Gasteiger partial charge < -0.3 is 5.11 Å². The molecule has 5 heteroatoms. The van der Waals surface area contributed by atoms with Crippen LogP contribution < -0.4 is 0 Å². The maximum absolute atomic E-state index is 12.2. The van der Waals surface area contributed by atoms with E-state index in [9.17, 15) is 9.90 Å². The van der Waals surface area contributed by atoms with Crippen molar-refractivity contribution in [3.05, 3.63) is 33.8 Å². The van der Waals surface area contributed by atoms with Gasteiger partial charge in [0.15, 0.2) is 5.78 Å². The standard InChI is InChI=1S/C15H19Cl2NO2/c1-15(20)5-2-7-18(8-6-15)10-14(19)11-3-4-12(16)13(17)9-11/h3-4,9,20H,2,5-8,10H2,1H3. The van der Waals surface area contributed by atoms with E-state index >= 15 is 0 Å². The smallest absolute Gasteiger partial charge is 0.176 e. The summed E-state index contributed by atoms with van der Waals surface area (Å²) in [5.74, 6) is 0.0325. The molecule has 1 N–H and O–H groups in total. The number of aliphatic hydroxyl groups is 1. The molecule has 0 spiro atoms. The van der Waals surface area contributed by atoms with Crippen molar-refractivity contribution in [2.24, 2.45) is 0 Å². The number of rotatable bonds is 3. The second kappa shape index (κ2) is 6.44. The first kappa shape index (κ1) is 15.8. The van der Waals surface area contributed by atoms with Crippen LogP contribution in [0.4, 0.5) is 0 Å². The molecule has 1 aromatic rings. The van der Waals surface area contributed by atoms with Gasteiger partial charge in [0, 0.05) is 12.1 Å². The predicted octanol–water partition coefficient (Wildman–Crippen LogP) is 3.41. The first-order valence-corrected chi connectivity index (χ1v) is 7.56. The molecule has 0 aliphatic carbocycles. The van der Waals surface area contributed by atoms with E-state index in [2.05, 4.69) is 4.90 Å². The minimum absolute atomic E-state index is 0.0325. The third-order valence-corrected chi connectivity index (χ3v) is 4.50. The zero-order chi connectivity index (χ0) is 14.8. The van der Waals surface area contributed by atoms with Crippen molar-refractivity contribution in [1.82, 2.24) is 4.90 Å². The predicted molar refractivity (Wildman–Crippen MR) is 81.7 cm³/mol. The fourth-order valence-corrected chi connectivity index (χ4v) is 2.74. The van der Waals surface area contributed by atoms with Crippen LogP contribution in [-0.2, 0) is 0 Å². The van der Waals surface area contributed by atoms with Crippen molar-refractivity contribution in [2.45, 2.75) is 31.8 Å². The molecule has 3 nitrogen and oxygen atoms in total. The van der Waals surface area contributed by atoms with Crippen LogP contribution in [0.5, 0.6) is 0 Å². The first-order chi connectivity index (χ1) is 9.37. The van der Waals surface area contributed by atoms with E-state index in [4.69, 9.17) is 23.2 Å². The van der Waals surface area contributed by atoms with Crippen LogP contribution in [0.25, 0.3) is 0 Å². The van der Waals surface area contributed by atoms with Crippen molar-refractivity contribution >= 4 is 29.0 Å². The number of Topliss-reactive ketones (excluding diaryl/α,β-unsaturated/α-hetero) is 1. The van der Waals surface area contributed by atoms with Gasteiger partial charge in [-0.25, -0.2) is 0 Å². The lowest BCUT2D eigenvalue weighted by Crippen LogP contribution is -2.32. The Kier molecular flexibility index (Phi) is 5.08. The number of ketones is 1. The highest BCUT2D eigenvalue weighted by Gasteiger charge is 2.25. The highest BCUT2D eigenvalue weighted by atomic mass is 35.5. The molecule has 1 heterocycles. The fourth-order valence-electron chi connectivity index (χ4n) is 2.44. The van der Waals surface area contributed by atoms with Gasteiger partial charge >= 0.3 is 0 Å². The molecule has 1 saturated heterocycles. The van der Waals surface area contributed by atoms with Gasteiger partial charge in [0.1, 0.15) is 0 Å². The van der Waals surface area contributed by atoms with Gasteiger partial charge in [-0.2, -0.15) is 0 Å². The van der Waals surface area contributed by atoms with E-state index in [1.807, 2.05) is 6.92 Å². The lowest BCUT2D eigenvalue weighted by Gasteiger charge is -2.22. The molecule has 1 fully saturated rings. The van der Waals surface area contributed by atoms with Crippen LogP contribution in [0.3, 0.4) is 0 Å². The molecule has 0 radical (unpaired) electrons. The van der Waals surface area contributed by atoms with Crippen molar-refractivity contribution < 1.29 is 9.90 Å². The van der Waals surface area contributed by atoms with Crippen molar-refractivity contribution in [1.29, 1.82) is 0 Å². The highest BCUT2D eigenvalue weighted by Crippen LogP contribution is 2.24. The summed E-state index contributed by atoms with van der Waals surface area (Å²) in [5.41, 5.74) is -0.0307. The maximum atomic E-state index is 12.2. The number of benzene rings is 1. The number of halogens is 2. The normalized spacial score (nSPS) is 24.4. The second-order valence-corrected chi connectivity index (χ2v) is 6.49. The Morgan fingerprint density at radius 1 is 1.30 bits per heavy atom. The van der Waals surface area contributed by atoms with E-state index < -0.39 is 5.60 Å². The molecular weight excluding hydrogens is 297 g/mol. The van der Waals surface area contributed by atoms with Crippen LogP contribution in [-0.4, -0.2) is 41.0 Å². The van der Waals surface area contributed by atoms with Gasteiger partial charge in [-0.15, -0.1) is 0 Å². The number of likely N-dealkylation sites (tertiary alicyclic amines) is 1. The van der Waals surface area contributed by atoms with Gasteiger partial charge in [-0.05, 0) is 50.9 Å². The highest BCUT2D eigenvalue weighted by molar-refractivity contribution is 6.42. The Morgan fingerprint density at radius 2 is 2.05 bits per heavy atom. The summed E-state index contributed by atoms with van der Waals surface area (Å²) in [6.45, 7) is 3.79. The lowest BCUT2D eigenvalue weighted by atomic mass is 9.98. The molecule has 0 amide bonds. The monoisotopic (exact) mass is 315 g/mol. The third-order valence-electron chi connectivity index (χ3n) is 3.77. The molecule has 20 heavy (non-hydrogen) atoms. The summed E-state index contributed by atoms with van der Waals surface area (Å²) in [6.07, 6.45) is 2.38. The molecule has 1 aliphatic heterocycles. The Balaban J connectivity index is 1.99. The van der Waals surface area contributed by atoms with E-state index in [-0.39, 0.29) is 5.78 Å². The zero-order valence-corrected chi connectivity index (χ0v) is 13.0. The molecule has 0 saturated carbocycles. The average molecular weight is 316 g/mol. The summed E-state index contributed by atoms with van der Waals surface area (Å²) in [7, 11) is 0. The maximum Gasteiger partial charge on any atom is 0.176 e. The summed E-state index contributed by atoms with van der Waals surface area (Å²) >= 11 is 11.8. The molecule has 1 aliphatic rings. The Labute approximate surface area is 129 Å². The molecule has 0 aromatic heterocycles. The summed E-state index contributed by atoms with van der Waals surface area (Å²) < 4.78 is 0. The van der Waals surface area contributed by atoms with Crippen LogP contribution in [0.15, 0.2) is 18.2 Å². The van der Waals surface area contributed by atoms with E-state index in [1.54, 1.807) is 18.2 Å². The van der Waals surface area contributed by atoms with Crippen LogP contribution in [0.2, 0.25) is 10.0 Å². The van der Waals surface area contributed by atoms with Gasteiger partial charge in [0.2, 0.25) is 0 Å². The quantitative estimate of drug-likeness (QED) is 0.869. The average Bonchev–Trinajstić information content (AvgIpc) is 2.54. The van der Waals surface area contributed by atoms with Gasteiger partial charge in [-0.3, -0.25) is 9.69 Å². The topological polar surface area (TPSA) is 40.5 Å². The molecule has 2 rings (SSSR count). The molecule has 1 unspecified atom stereocenters. The number of hydrogen-bond donors (Lipinski definition) is 1. The second-order valence-electron chi connectivity index (χ2n) is 5.68. The van der Waals surface area contributed by atoms with E-state index in [0.29, 0.717) is 28.6 Å². The minimum atomic E-state index is -0.610. The molecule has 1 aromatic carbocycles. The number of hydrogen-bond acceptors (Lipinski definition) is 3. The zero-order valence-electron chi connectivity index (χ0n) is 11.5. The van der Waals surface area contributed by atoms with Crippen molar-refractivity contribution in [2.75, 3.05) is 19.6 Å². The van der Waals surface area contributed by atoms with Gasteiger partial charge in [0.05, 0.1) is 22.2 Å². The van der Waals surface area contributed by atoms with E-state index in [1.165, 1.54) is 0 Å². The number of nitrogens with zero attached hydrogens (tertiary/aromatic N) is 1. The molecule has 1 atom stereocenters. The van der Waals surface area contributed by atoms with Gasteiger partial charge in [-0.1, -0.05) is 23.2 Å². The van der Waals surface area contributed by atoms with Crippen LogP contribution in [0, 0.1) is 0 Å². The lowest BCUT2D eigenvalue weighted by molar-refractivity contribution is 0.0444. The Bertz CT molecular complexity index is 503. The minimum Gasteiger partial charge on any atom is -0.390 e. The van der Waals surface area contributed by atoms with Crippen molar-refractivity contribution in [3.8, 4) is 0 Å². The summed E-state index contributed by atoms with van der Waals surface area (Å²) in [4.78, 5) is 14.3. The van der Waals surface area contributed by atoms with Crippen molar-refractivity contribution in [3.63, 3.8) is 0 Å². The Hall–Kier alpha value is -0.610. The van der Waals surface area contributed by atoms with Gasteiger partial charge in [0.25, 0.3) is 0 Å². The summed E-state index contributed by atoms with van der Waals surface area (Å²) in [5, 5.41) is 10.9. The van der Waals surface area contributed by atoms with Crippen LogP contribution in [0.1, 0.15) is 36.5 Å². The Morgan fingerprint density at radius 3 is 2.75 bits per heavy atom. The number of carbonyl (C=O) groups excluding carboxylic acids is 1. The third kappa shape index (κ3) is 4.19. The number of carbonyl (C=O) groups is 1.